The zero-order chi connectivity index (χ0) is 14.1. The minimum Gasteiger partial charge on any atom is -0.335 e. The van der Waals surface area contributed by atoms with Gasteiger partial charge in [-0.15, -0.1) is 0 Å². The van der Waals surface area contributed by atoms with Gasteiger partial charge < -0.3 is 11.1 Å². The fourth-order valence-corrected chi connectivity index (χ4v) is 2.90. The number of hydrogen-bond donors (Lipinski definition) is 4. The number of hydrogen-bond acceptors (Lipinski definition) is 4. The molecule has 1 aromatic rings. The summed E-state index contributed by atoms with van der Waals surface area (Å²) < 4.78 is 0. The van der Waals surface area contributed by atoms with Crippen LogP contribution in [0.1, 0.15) is 35.7 Å². The molecule has 4 unspecified atom stereocenters. The van der Waals surface area contributed by atoms with Crippen LogP contribution in [0.4, 0.5) is 0 Å². The lowest BCUT2D eigenvalue weighted by atomic mass is 10.1. The fourth-order valence-electron chi connectivity index (χ4n) is 2.90. The summed E-state index contributed by atoms with van der Waals surface area (Å²) in [5.74, 6) is 1.53. The van der Waals surface area contributed by atoms with E-state index < -0.39 is 0 Å². The van der Waals surface area contributed by atoms with Crippen LogP contribution in [0.3, 0.4) is 0 Å². The first-order valence-electron chi connectivity index (χ1n) is 7.28. The van der Waals surface area contributed by atoms with Gasteiger partial charge in [0.15, 0.2) is 0 Å². The van der Waals surface area contributed by atoms with Gasteiger partial charge >= 0.3 is 0 Å². The van der Waals surface area contributed by atoms with E-state index in [4.69, 9.17) is 5.73 Å². The summed E-state index contributed by atoms with van der Waals surface area (Å²) in [6.07, 6.45) is 2.25. The molecule has 1 aromatic carbocycles. The van der Waals surface area contributed by atoms with Crippen LogP contribution in [0.2, 0.25) is 0 Å². The van der Waals surface area contributed by atoms with Crippen molar-refractivity contribution in [3.63, 3.8) is 0 Å². The lowest BCUT2D eigenvalue weighted by Gasteiger charge is -2.12. The van der Waals surface area contributed by atoms with Gasteiger partial charge in [0, 0.05) is 18.2 Å². The molecule has 2 fully saturated rings. The molecule has 5 nitrogen and oxygen atoms in total. The van der Waals surface area contributed by atoms with Crippen molar-refractivity contribution < 1.29 is 4.79 Å². The maximum absolute atomic E-state index is 12.1. The molecule has 0 spiro atoms. The first kappa shape index (κ1) is 13.5. The van der Waals surface area contributed by atoms with Crippen LogP contribution < -0.4 is 21.9 Å². The molecule has 5 N–H and O–H groups in total. The van der Waals surface area contributed by atoms with E-state index in [-0.39, 0.29) is 12.1 Å². The summed E-state index contributed by atoms with van der Waals surface area (Å²) >= 11 is 0. The Morgan fingerprint density at radius 2 is 2.00 bits per heavy atom. The SMILES string of the molecule is CC1CC1C1CC(NC(=O)c2ccc(CN)cc2)NN1. The van der Waals surface area contributed by atoms with Gasteiger partial charge in [-0.2, -0.15) is 0 Å². The Hall–Kier alpha value is -1.43. The monoisotopic (exact) mass is 274 g/mol. The number of hydrazine groups is 1. The zero-order valence-corrected chi connectivity index (χ0v) is 11.7. The standard InChI is InChI=1S/C15H22N4O/c1-9-6-12(9)13-7-14(19-18-13)17-15(20)11-4-2-10(8-16)3-5-11/h2-5,9,12-14,18-19H,6-8,16H2,1H3,(H,17,20). The van der Waals surface area contributed by atoms with Crippen LogP contribution >= 0.6 is 0 Å². The van der Waals surface area contributed by atoms with E-state index >= 15 is 0 Å². The molecule has 5 heteroatoms. The molecule has 108 valence electrons. The highest BCUT2D eigenvalue weighted by molar-refractivity contribution is 5.94. The minimum absolute atomic E-state index is 0.00878. The molecule has 2 aliphatic rings. The predicted molar refractivity (Wildman–Crippen MR) is 77.5 cm³/mol. The first-order chi connectivity index (χ1) is 9.67. The molecule has 20 heavy (non-hydrogen) atoms. The first-order valence-corrected chi connectivity index (χ1v) is 7.28. The number of carbonyl (C=O) groups excluding carboxylic acids is 1. The van der Waals surface area contributed by atoms with Crippen molar-refractivity contribution in [3.8, 4) is 0 Å². The fraction of sp³-hybridized carbons (Fsp3) is 0.533. The van der Waals surface area contributed by atoms with Gasteiger partial charge in [-0.05, 0) is 42.4 Å². The molecular formula is C15H22N4O. The second kappa shape index (κ2) is 5.52. The smallest absolute Gasteiger partial charge is 0.252 e. The highest BCUT2D eigenvalue weighted by Crippen LogP contribution is 2.42. The summed E-state index contributed by atoms with van der Waals surface area (Å²) in [5, 5.41) is 3.02. The summed E-state index contributed by atoms with van der Waals surface area (Å²) in [4.78, 5) is 12.1. The maximum Gasteiger partial charge on any atom is 0.252 e. The maximum atomic E-state index is 12.1. The van der Waals surface area contributed by atoms with Gasteiger partial charge in [0.2, 0.25) is 0 Å². The van der Waals surface area contributed by atoms with Crippen LogP contribution in [0.25, 0.3) is 0 Å². The summed E-state index contributed by atoms with van der Waals surface area (Å²) in [6.45, 7) is 2.77. The molecule has 1 aliphatic carbocycles. The molecule has 0 aromatic heterocycles. The van der Waals surface area contributed by atoms with Gasteiger partial charge in [-0.3, -0.25) is 10.2 Å². The minimum atomic E-state index is -0.0441. The van der Waals surface area contributed by atoms with E-state index in [9.17, 15) is 4.79 Å². The molecule has 0 bridgehead atoms. The lowest BCUT2D eigenvalue weighted by Crippen LogP contribution is -2.44. The third kappa shape index (κ3) is 2.85. The Morgan fingerprint density at radius 1 is 1.30 bits per heavy atom. The Kier molecular flexibility index (Phi) is 3.74. The molecule has 4 atom stereocenters. The average molecular weight is 274 g/mol. The van der Waals surface area contributed by atoms with E-state index in [1.807, 2.05) is 24.3 Å². The van der Waals surface area contributed by atoms with E-state index in [1.54, 1.807) is 0 Å². The molecular weight excluding hydrogens is 252 g/mol. The van der Waals surface area contributed by atoms with Crippen molar-refractivity contribution >= 4 is 5.91 Å². The Bertz CT molecular complexity index is 487. The van der Waals surface area contributed by atoms with E-state index in [0.29, 0.717) is 18.2 Å². The summed E-state index contributed by atoms with van der Waals surface area (Å²) in [7, 11) is 0. The van der Waals surface area contributed by atoms with Crippen LogP contribution in [0, 0.1) is 11.8 Å². The largest absolute Gasteiger partial charge is 0.335 e. The highest BCUT2D eigenvalue weighted by Gasteiger charge is 2.42. The van der Waals surface area contributed by atoms with Gasteiger partial charge in [0.05, 0.1) is 6.17 Å². The average Bonchev–Trinajstić information content (AvgIpc) is 3.01. The topological polar surface area (TPSA) is 79.2 Å². The third-order valence-corrected chi connectivity index (χ3v) is 4.38. The van der Waals surface area contributed by atoms with E-state index in [2.05, 4.69) is 23.1 Å². The van der Waals surface area contributed by atoms with Crippen molar-refractivity contribution in [1.82, 2.24) is 16.2 Å². The number of nitrogens with two attached hydrogens (primary N) is 1. The van der Waals surface area contributed by atoms with Gasteiger partial charge in [-0.1, -0.05) is 19.1 Å². The Labute approximate surface area is 119 Å². The van der Waals surface area contributed by atoms with E-state index in [0.717, 1.165) is 23.8 Å². The number of amides is 1. The normalized spacial score (nSPS) is 32.1. The molecule has 3 rings (SSSR count). The molecule has 1 heterocycles. The quantitative estimate of drug-likeness (QED) is 0.652. The number of nitrogens with one attached hydrogen (secondary N) is 3. The van der Waals surface area contributed by atoms with Crippen LogP contribution in [0.5, 0.6) is 0 Å². The van der Waals surface area contributed by atoms with Crippen molar-refractivity contribution in [3.05, 3.63) is 35.4 Å². The van der Waals surface area contributed by atoms with Crippen LogP contribution in [-0.4, -0.2) is 18.1 Å². The molecule has 0 radical (unpaired) electrons. The second-order valence-corrected chi connectivity index (χ2v) is 5.93. The summed E-state index contributed by atoms with van der Waals surface area (Å²) in [6, 6.07) is 7.91. The van der Waals surface area contributed by atoms with Crippen molar-refractivity contribution in [2.24, 2.45) is 17.6 Å². The Morgan fingerprint density at radius 3 is 2.60 bits per heavy atom. The zero-order valence-electron chi connectivity index (χ0n) is 11.7. The predicted octanol–water partition coefficient (Wildman–Crippen LogP) is 0.724. The number of benzene rings is 1. The van der Waals surface area contributed by atoms with Crippen LogP contribution in [0.15, 0.2) is 24.3 Å². The second-order valence-electron chi connectivity index (χ2n) is 5.93. The molecule has 1 saturated heterocycles. The van der Waals surface area contributed by atoms with Gasteiger partial charge in [0.25, 0.3) is 5.91 Å². The van der Waals surface area contributed by atoms with Crippen molar-refractivity contribution in [2.75, 3.05) is 0 Å². The molecule has 1 saturated carbocycles. The Balaban J connectivity index is 1.53. The highest BCUT2D eigenvalue weighted by atomic mass is 16.1. The van der Waals surface area contributed by atoms with Gasteiger partial charge in [-0.25, -0.2) is 5.43 Å². The number of rotatable bonds is 4. The summed E-state index contributed by atoms with van der Waals surface area (Å²) in [5.41, 5.74) is 13.7. The third-order valence-electron chi connectivity index (χ3n) is 4.38. The molecule has 1 amide bonds. The van der Waals surface area contributed by atoms with Crippen molar-refractivity contribution in [1.29, 1.82) is 0 Å². The van der Waals surface area contributed by atoms with Crippen molar-refractivity contribution in [2.45, 2.75) is 38.5 Å². The van der Waals surface area contributed by atoms with E-state index in [1.165, 1.54) is 6.42 Å². The lowest BCUT2D eigenvalue weighted by molar-refractivity contribution is 0.0932. The number of carbonyl (C=O) groups is 1. The van der Waals surface area contributed by atoms with Gasteiger partial charge in [0.1, 0.15) is 0 Å². The van der Waals surface area contributed by atoms with Crippen LogP contribution in [-0.2, 0) is 6.54 Å². The molecule has 1 aliphatic heterocycles.